The van der Waals surface area contributed by atoms with Gasteiger partial charge in [0.1, 0.15) is 22.9 Å². The number of ether oxygens (including phenoxy) is 2. The fourth-order valence-electron chi connectivity index (χ4n) is 4.22. The van der Waals surface area contributed by atoms with E-state index in [-0.39, 0.29) is 17.2 Å². The molecule has 1 N–H and O–H groups in total. The molecule has 1 aromatic carbocycles. The van der Waals surface area contributed by atoms with Crippen LogP contribution in [0.3, 0.4) is 0 Å². The van der Waals surface area contributed by atoms with Gasteiger partial charge >= 0.3 is 6.09 Å². The number of aromatic nitrogens is 3. The molecule has 0 saturated heterocycles. The third kappa shape index (κ3) is 6.24. The Hall–Kier alpha value is -3.97. The summed E-state index contributed by atoms with van der Waals surface area (Å²) in [5.41, 5.74) is 2.62. The number of anilines is 2. The number of carbonyl (C=O) groups excluding carboxylic acids is 1. The van der Waals surface area contributed by atoms with E-state index in [1.54, 1.807) is 11.1 Å². The SMILES string of the molecule is CCOCCCn1c(=O)c(C#N)cc2cnc(Nc3ccc4c(c3)CCN(C(=O)OC(C)(C)C)C4)nc21. The standard InChI is InChI=1S/C27H32N6O4/c1-5-36-12-6-10-33-23-21(13-20(15-28)24(33)34)16-29-25(31-23)30-22-8-7-19-17-32(11-9-18(19)14-22)26(35)37-27(2,3)4/h7-8,13-14,16H,5-6,9-12,17H2,1-4H3,(H,29,30,31). The molecule has 194 valence electrons. The van der Waals surface area contributed by atoms with Crippen LogP contribution in [-0.2, 0) is 29.0 Å². The molecule has 1 aliphatic rings. The fourth-order valence-corrected chi connectivity index (χ4v) is 4.22. The van der Waals surface area contributed by atoms with Crippen LogP contribution in [0.1, 0.15) is 50.8 Å². The minimum Gasteiger partial charge on any atom is -0.444 e. The molecule has 3 heterocycles. The number of nitrogens with one attached hydrogen (secondary N) is 1. The van der Waals surface area contributed by atoms with E-state index in [0.29, 0.717) is 62.7 Å². The van der Waals surface area contributed by atoms with E-state index in [0.717, 1.165) is 16.8 Å². The Bertz CT molecular complexity index is 1400. The van der Waals surface area contributed by atoms with Crippen LogP contribution in [0.5, 0.6) is 0 Å². The summed E-state index contributed by atoms with van der Waals surface area (Å²) >= 11 is 0. The Morgan fingerprint density at radius 1 is 1.24 bits per heavy atom. The molecule has 1 amide bonds. The van der Waals surface area contributed by atoms with Gasteiger partial charge in [0.2, 0.25) is 5.95 Å². The zero-order chi connectivity index (χ0) is 26.6. The molecule has 0 atom stereocenters. The summed E-state index contributed by atoms with van der Waals surface area (Å²) in [6, 6.07) is 9.42. The van der Waals surface area contributed by atoms with Gasteiger partial charge in [-0.1, -0.05) is 6.07 Å². The van der Waals surface area contributed by atoms with Crippen LogP contribution in [0.2, 0.25) is 0 Å². The number of aryl methyl sites for hydroxylation is 1. The average molecular weight is 505 g/mol. The van der Waals surface area contributed by atoms with Crippen molar-refractivity contribution < 1.29 is 14.3 Å². The third-order valence-corrected chi connectivity index (χ3v) is 5.95. The van der Waals surface area contributed by atoms with Gasteiger partial charge in [0, 0.05) is 50.1 Å². The molecule has 3 aromatic rings. The van der Waals surface area contributed by atoms with Gasteiger partial charge in [0.05, 0.1) is 0 Å². The van der Waals surface area contributed by atoms with Gasteiger partial charge in [0.15, 0.2) is 0 Å². The van der Waals surface area contributed by atoms with Gasteiger partial charge in [-0.25, -0.2) is 9.78 Å². The molecule has 37 heavy (non-hydrogen) atoms. The summed E-state index contributed by atoms with van der Waals surface area (Å²) in [4.78, 5) is 36.0. The van der Waals surface area contributed by atoms with E-state index in [1.165, 1.54) is 10.6 Å². The largest absolute Gasteiger partial charge is 0.444 e. The second kappa shape index (κ2) is 11.0. The lowest BCUT2D eigenvalue weighted by atomic mass is 9.99. The molecule has 0 bridgehead atoms. The summed E-state index contributed by atoms with van der Waals surface area (Å²) in [5, 5.41) is 13.2. The number of pyridine rings is 1. The Labute approximate surface area is 215 Å². The Kier molecular flexibility index (Phi) is 7.74. The first-order chi connectivity index (χ1) is 17.7. The monoisotopic (exact) mass is 504 g/mol. The van der Waals surface area contributed by atoms with Crippen molar-refractivity contribution in [3.05, 3.63) is 57.5 Å². The number of nitriles is 1. The highest BCUT2D eigenvalue weighted by Gasteiger charge is 2.25. The van der Waals surface area contributed by atoms with E-state index < -0.39 is 5.60 Å². The van der Waals surface area contributed by atoms with Gasteiger partial charge in [-0.05, 0) is 69.9 Å². The molecule has 0 aliphatic carbocycles. The van der Waals surface area contributed by atoms with Crippen molar-refractivity contribution in [1.82, 2.24) is 19.4 Å². The quantitative estimate of drug-likeness (QED) is 0.477. The van der Waals surface area contributed by atoms with E-state index in [2.05, 4.69) is 15.3 Å². The van der Waals surface area contributed by atoms with E-state index in [1.807, 2.05) is 52.0 Å². The lowest BCUT2D eigenvalue weighted by molar-refractivity contribution is 0.0224. The second-order valence-corrected chi connectivity index (χ2v) is 9.91. The summed E-state index contributed by atoms with van der Waals surface area (Å²) in [7, 11) is 0. The van der Waals surface area contributed by atoms with Crippen LogP contribution in [0.4, 0.5) is 16.4 Å². The molecule has 10 nitrogen and oxygen atoms in total. The molecule has 0 unspecified atom stereocenters. The van der Waals surface area contributed by atoms with E-state index >= 15 is 0 Å². The molecule has 4 rings (SSSR count). The third-order valence-electron chi connectivity index (χ3n) is 5.95. The molecular weight excluding hydrogens is 472 g/mol. The lowest BCUT2D eigenvalue weighted by Crippen LogP contribution is -2.39. The zero-order valence-electron chi connectivity index (χ0n) is 21.7. The minimum absolute atomic E-state index is 0.0586. The molecular formula is C27H32N6O4. The van der Waals surface area contributed by atoms with Gasteiger partial charge in [0.25, 0.3) is 5.56 Å². The predicted octanol–water partition coefficient (Wildman–Crippen LogP) is 4.13. The van der Waals surface area contributed by atoms with E-state index in [9.17, 15) is 14.9 Å². The molecule has 0 fully saturated rings. The fraction of sp³-hybridized carbons (Fsp3) is 0.444. The van der Waals surface area contributed by atoms with Gasteiger partial charge in [-0.2, -0.15) is 10.2 Å². The van der Waals surface area contributed by atoms with Crippen molar-refractivity contribution in [2.24, 2.45) is 0 Å². The van der Waals surface area contributed by atoms with Gasteiger partial charge in [-0.3, -0.25) is 9.36 Å². The number of benzene rings is 1. The van der Waals surface area contributed by atoms with Crippen molar-refractivity contribution in [2.75, 3.05) is 25.1 Å². The van der Waals surface area contributed by atoms with Gasteiger partial charge in [-0.15, -0.1) is 0 Å². The number of carbonyl (C=O) groups is 1. The summed E-state index contributed by atoms with van der Waals surface area (Å²) in [6.45, 7) is 10.1. The van der Waals surface area contributed by atoms with Crippen molar-refractivity contribution in [3.8, 4) is 6.07 Å². The molecule has 10 heteroatoms. The van der Waals surface area contributed by atoms with Crippen molar-refractivity contribution in [3.63, 3.8) is 0 Å². The first-order valence-electron chi connectivity index (χ1n) is 12.4. The number of hydrogen-bond acceptors (Lipinski definition) is 8. The van der Waals surface area contributed by atoms with Crippen LogP contribution in [0.15, 0.2) is 35.3 Å². The number of fused-ring (bicyclic) bond motifs is 2. The number of rotatable bonds is 7. The average Bonchev–Trinajstić information content (AvgIpc) is 2.86. The summed E-state index contributed by atoms with van der Waals surface area (Å²) in [6.07, 6.45) is 2.63. The molecule has 2 aromatic heterocycles. The highest BCUT2D eigenvalue weighted by atomic mass is 16.6. The maximum atomic E-state index is 12.8. The first-order valence-corrected chi connectivity index (χ1v) is 12.4. The lowest BCUT2D eigenvalue weighted by Gasteiger charge is -2.31. The van der Waals surface area contributed by atoms with Gasteiger partial charge < -0.3 is 19.7 Å². The maximum Gasteiger partial charge on any atom is 0.410 e. The van der Waals surface area contributed by atoms with Crippen LogP contribution in [-0.4, -0.2) is 50.9 Å². The number of nitrogens with zero attached hydrogens (tertiary/aromatic N) is 5. The van der Waals surface area contributed by atoms with Crippen molar-refractivity contribution in [2.45, 2.75) is 59.2 Å². The topological polar surface area (TPSA) is 122 Å². The van der Waals surface area contributed by atoms with Crippen LogP contribution >= 0.6 is 0 Å². The van der Waals surface area contributed by atoms with Crippen LogP contribution in [0, 0.1) is 11.3 Å². The molecule has 0 radical (unpaired) electrons. The van der Waals surface area contributed by atoms with Crippen molar-refractivity contribution in [1.29, 1.82) is 5.26 Å². The highest BCUT2D eigenvalue weighted by Crippen LogP contribution is 2.25. The Morgan fingerprint density at radius 2 is 2.05 bits per heavy atom. The number of hydrogen-bond donors (Lipinski definition) is 1. The Morgan fingerprint density at radius 3 is 2.78 bits per heavy atom. The van der Waals surface area contributed by atoms with Crippen LogP contribution in [0.25, 0.3) is 11.0 Å². The maximum absolute atomic E-state index is 12.8. The predicted molar refractivity (Wildman–Crippen MR) is 140 cm³/mol. The highest BCUT2D eigenvalue weighted by molar-refractivity contribution is 5.77. The first kappa shape index (κ1) is 26.1. The summed E-state index contributed by atoms with van der Waals surface area (Å²) < 4.78 is 12.4. The minimum atomic E-state index is -0.532. The second-order valence-electron chi connectivity index (χ2n) is 9.91. The Balaban J connectivity index is 1.55. The van der Waals surface area contributed by atoms with Crippen molar-refractivity contribution >= 4 is 28.8 Å². The number of amides is 1. The normalized spacial score (nSPS) is 13.2. The van der Waals surface area contributed by atoms with E-state index in [4.69, 9.17) is 9.47 Å². The smallest absolute Gasteiger partial charge is 0.410 e. The molecule has 1 aliphatic heterocycles. The van der Waals surface area contributed by atoms with Crippen LogP contribution < -0.4 is 10.9 Å². The summed E-state index contributed by atoms with van der Waals surface area (Å²) in [5.74, 6) is 0.348. The zero-order valence-corrected chi connectivity index (χ0v) is 21.7. The molecule has 0 saturated carbocycles. The molecule has 0 spiro atoms.